The number of ether oxygens (including phenoxy) is 1. The molecule has 100 valence electrons. The molecule has 0 radical (unpaired) electrons. The topological polar surface area (TPSA) is 39.4 Å². The molecule has 20 heavy (non-hydrogen) atoms. The zero-order valence-electron chi connectivity index (χ0n) is 10.7. The van der Waals surface area contributed by atoms with Gasteiger partial charge in [-0.15, -0.1) is 0 Å². The SMILES string of the molecule is COc1ccc(-c2cc(=O)c3ccccc3o2)cc1F. The highest BCUT2D eigenvalue weighted by Crippen LogP contribution is 2.26. The molecule has 2 aromatic carbocycles. The van der Waals surface area contributed by atoms with Crippen molar-refractivity contribution in [3.63, 3.8) is 0 Å². The van der Waals surface area contributed by atoms with E-state index in [4.69, 9.17) is 9.15 Å². The minimum atomic E-state index is -0.499. The molecule has 0 N–H and O–H groups in total. The fraction of sp³-hybridized carbons (Fsp3) is 0.0625. The van der Waals surface area contributed by atoms with E-state index in [2.05, 4.69) is 0 Å². The Kier molecular flexibility index (Phi) is 2.99. The van der Waals surface area contributed by atoms with Crippen molar-refractivity contribution in [1.29, 1.82) is 0 Å². The van der Waals surface area contributed by atoms with Gasteiger partial charge in [0.1, 0.15) is 11.3 Å². The number of benzene rings is 2. The number of methoxy groups -OCH3 is 1. The Morgan fingerprint density at radius 2 is 1.90 bits per heavy atom. The molecule has 0 aliphatic heterocycles. The van der Waals surface area contributed by atoms with Gasteiger partial charge in [-0.2, -0.15) is 0 Å². The summed E-state index contributed by atoms with van der Waals surface area (Å²) in [5, 5.41) is 0.505. The molecule has 0 saturated heterocycles. The van der Waals surface area contributed by atoms with Crippen molar-refractivity contribution < 1.29 is 13.5 Å². The van der Waals surface area contributed by atoms with Gasteiger partial charge >= 0.3 is 0 Å². The Labute approximate surface area is 114 Å². The van der Waals surface area contributed by atoms with Crippen molar-refractivity contribution in [3.8, 4) is 17.1 Å². The average molecular weight is 270 g/mol. The van der Waals surface area contributed by atoms with Crippen molar-refractivity contribution in [2.24, 2.45) is 0 Å². The van der Waals surface area contributed by atoms with Gasteiger partial charge in [0.25, 0.3) is 0 Å². The van der Waals surface area contributed by atoms with Crippen LogP contribution in [-0.2, 0) is 0 Å². The van der Waals surface area contributed by atoms with Gasteiger partial charge in [0, 0.05) is 11.6 Å². The molecule has 1 heterocycles. The van der Waals surface area contributed by atoms with E-state index < -0.39 is 5.82 Å². The van der Waals surface area contributed by atoms with Crippen molar-refractivity contribution in [2.75, 3.05) is 7.11 Å². The Morgan fingerprint density at radius 3 is 2.65 bits per heavy atom. The van der Waals surface area contributed by atoms with Crippen LogP contribution in [0.2, 0.25) is 0 Å². The summed E-state index contributed by atoms with van der Waals surface area (Å²) in [6.45, 7) is 0. The maximum atomic E-state index is 13.7. The van der Waals surface area contributed by atoms with E-state index in [0.717, 1.165) is 0 Å². The normalized spacial score (nSPS) is 10.7. The third kappa shape index (κ3) is 2.05. The third-order valence-corrected chi connectivity index (χ3v) is 3.07. The van der Waals surface area contributed by atoms with Crippen LogP contribution in [0.25, 0.3) is 22.3 Å². The van der Waals surface area contributed by atoms with E-state index in [1.807, 2.05) is 0 Å². The Balaban J connectivity index is 2.19. The van der Waals surface area contributed by atoms with Crippen LogP contribution >= 0.6 is 0 Å². The molecule has 4 heteroatoms. The summed E-state index contributed by atoms with van der Waals surface area (Å²) in [6.07, 6.45) is 0. The molecule has 0 spiro atoms. The molecule has 3 aromatic rings. The molecular weight excluding hydrogens is 259 g/mol. The number of para-hydroxylation sites is 1. The minimum absolute atomic E-state index is 0.150. The largest absolute Gasteiger partial charge is 0.494 e. The van der Waals surface area contributed by atoms with Gasteiger partial charge in [-0.05, 0) is 30.3 Å². The molecule has 0 saturated carbocycles. The van der Waals surface area contributed by atoms with Gasteiger partial charge in [-0.1, -0.05) is 12.1 Å². The first-order chi connectivity index (χ1) is 9.69. The highest BCUT2D eigenvalue weighted by atomic mass is 19.1. The summed E-state index contributed by atoms with van der Waals surface area (Å²) < 4.78 is 24.2. The number of rotatable bonds is 2. The Morgan fingerprint density at radius 1 is 1.10 bits per heavy atom. The lowest BCUT2D eigenvalue weighted by Crippen LogP contribution is -2.00. The first kappa shape index (κ1) is 12.4. The first-order valence-corrected chi connectivity index (χ1v) is 6.06. The van der Waals surface area contributed by atoms with E-state index in [1.54, 1.807) is 30.3 Å². The van der Waals surface area contributed by atoms with Crippen molar-refractivity contribution in [3.05, 3.63) is 64.6 Å². The van der Waals surface area contributed by atoms with E-state index >= 15 is 0 Å². The molecule has 3 rings (SSSR count). The summed E-state index contributed by atoms with van der Waals surface area (Å²) in [5.74, 6) is -0.0204. The molecule has 0 amide bonds. The molecule has 1 aromatic heterocycles. The van der Waals surface area contributed by atoms with Crippen molar-refractivity contribution >= 4 is 11.0 Å². The second-order valence-corrected chi connectivity index (χ2v) is 4.32. The maximum Gasteiger partial charge on any atom is 0.193 e. The minimum Gasteiger partial charge on any atom is -0.494 e. The predicted molar refractivity (Wildman–Crippen MR) is 74.4 cm³/mol. The van der Waals surface area contributed by atoms with E-state index in [1.165, 1.54) is 25.3 Å². The van der Waals surface area contributed by atoms with Crippen molar-refractivity contribution in [2.45, 2.75) is 0 Å². The molecular formula is C16H11FO3. The van der Waals surface area contributed by atoms with E-state index in [0.29, 0.717) is 22.3 Å². The first-order valence-electron chi connectivity index (χ1n) is 6.06. The lowest BCUT2D eigenvalue weighted by atomic mass is 10.1. The number of hydrogen-bond acceptors (Lipinski definition) is 3. The summed E-state index contributed by atoms with van der Waals surface area (Å²) in [4.78, 5) is 12.0. The van der Waals surface area contributed by atoms with Crippen LogP contribution in [0.3, 0.4) is 0 Å². The predicted octanol–water partition coefficient (Wildman–Crippen LogP) is 3.61. The quantitative estimate of drug-likeness (QED) is 0.714. The monoisotopic (exact) mass is 270 g/mol. The average Bonchev–Trinajstić information content (AvgIpc) is 2.47. The lowest BCUT2D eigenvalue weighted by molar-refractivity contribution is 0.386. The van der Waals surface area contributed by atoms with Crippen LogP contribution < -0.4 is 10.2 Å². The molecule has 0 aliphatic carbocycles. The zero-order chi connectivity index (χ0) is 14.1. The van der Waals surface area contributed by atoms with Crippen LogP contribution in [0.15, 0.2) is 57.7 Å². The number of halogens is 1. The second-order valence-electron chi connectivity index (χ2n) is 4.32. The van der Waals surface area contributed by atoms with Crippen molar-refractivity contribution in [1.82, 2.24) is 0 Å². The molecule has 3 nitrogen and oxygen atoms in total. The van der Waals surface area contributed by atoms with Crippen LogP contribution in [0.1, 0.15) is 0 Å². The maximum absolute atomic E-state index is 13.7. The molecule has 0 atom stereocenters. The van der Waals surface area contributed by atoms with E-state index in [-0.39, 0.29) is 11.2 Å². The fourth-order valence-electron chi connectivity index (χ4n) is 2.07. The van der Waals surface area contributed by atoms with E-state index in [9.17, 15) is 9.18 Å². The summed E-state index contributed by atoms with van der Waals surface area (Å²) in [7, 11) is 1.40. The molecule has 0 unspecified atom stereocenters. The number of hydrogen-bond donors (Lipinski definition) is 0. The van der Waals surface area contributed by atoms with Gasteiger partial charge in [0.05, 0.1) is 12.5 Å². The van der Waals surface area contributed by atoms with Gasteiger partial charge < -0.3 is 9.15 Å². The summed E-state index contributed by atoms with van der Waals surface area (Å²) >= 11 is 0. The zero-order valence-corrected chi connectivity index (χ0v) is 10.7. The Bertz CT molecular complexity index is 836. The van der Waals surface area contributed by atoms with Crippen LogP contribution in [0.4, 0.5) is 4.39 Å². The molecule has 0 aliphatic rings. The lowest BCUT2D eigenvalue weighted by Gasteiger charge is -2.05. The molecule has 0 fully saturated rings. The standard InChI is InChI=1S/C16H11FO3/c1-19-15-7-6-10(8-12(15)17)16-9-13(18)11-4-2-3-5-14(11)20-16/h2-9H,1H3. The highest BCUT2D eigenvalue weighted by Gasteiger charge is 2.09. The van der Waals surface area contributed by atoms with Gasteiger partial charge in [0.15, 0.2) is 17.0 Å². The van der Waals surface area contributed by atoms with Crippen LogP contribution in [0, 0.1) is 5.82 Å². The van der Waals surface area contributed by atoms with Crippen LogP contribution in [-0.4, -0.2) is 7.11 Å². The third-order valence-electron chi connectivity index (χ3n) is 3.07. The summed E-state index contributed by atoms with van der Waals surface area (Å²) in [6, 6.07) is 12.7. The molecule has 0 bridgehead atoms. The van der Waals surface area contributed by atoms with Gasteiger partial charge in [0.2, 0.25) is 0 Å². The highest BCUT2D eigenvalue weighted by molar-refractivity contribution is 5.78. The smallest absolute Gasteiger partial charge is 0.193 e. The fourth-order valence-corrected chi connectivity index (χ4v) is 2.07. The van der Waals surface area contributed by atoms with Gasteiger partial charge in [-0.3, -0.25) is 4.79 Å². The second kappa shape index (κ2) is 4.81. The number of fused-ring (bicyclic) bond motifs is 1. The summed E-state index contributed by atoms with van der Waals surface area (Å²) in [5.41, 5.74) is 0.815. The Hall–Kier alpha value is -2.62. The van der Waals surface area contributed by atoms with Gasteiger partial charge in [-0.25, -0.2) is 4.39 Å². The van der Waals surface area contributed by atoms with Crippen LogP contribution in [0.5, 0.6) is 5.75 Å².